The molecule has 0 radical (unpaired) electrons. The van der Waals surface area contributed by atoms with E-state index in [0.717, 1.165) is 30.7 Å². The van der Waals surface area contributed by atoms with Crippen molar-refractivity contribution in [2.45, 2.75) is 67.0 Å². The highest BCUT2D eigenvalue weighted by Gasteiger charge is 2.10. The van der Waals surface area contributed by atoms with Gasteiger partial charge in [0.1, 0.15) is 0 Å². The second-order valence-corrected chi connectivity index (χ2v) is 7.18. The second-order valence-electron chi connectivity index (χ2n) is 7.18. The molecule has 0 spiro atoms. The lowest BCUT2D eigenvalue weighted by molar-refractivity contribution is 0.433. The molecule has 2 N–H and O–H groups in total. The minimum absolute atomic E-state index is 0.440. The Labute approximate surface area is 142 Å². The molecule has 23 heavy (non-hydrogen) atoms. The SMILES string of the molecule is CN=C(NCC(C)Cn1nc(C)cc1C)NC(C)CCC(C)C. The van der Waals surface area contributed by atoms with Gasteiger partial charge in [0.15, 0.2) is 5.96 Å². The summed E-state index contributed by atoms with van der Waals surface area (Å²) in [5.41, 5.74) is 2.30. The van der Waals surface area contributed by atoms with Gasteiger partial charge in [-0.1, -0.05) is 20.8 Å². The zero-order valence-corrected chi connectivity index (χ0v) is 16.0. The predicted octanol–water partition coefficient (Wildman–Crippen LogP) is 3.13. The summed E-state index contributed by atoms with van der Waals surface area (Å²) >= 11 is 0. The fourth-order valence-corrected chi connectivity index (χ4v) is 2.57. The molecule has 0 aromatic carbocycles. The van der Waals surface area contributed by atoms with Crippen molar-refractivity contribution in [3.05, 3.63) is 17.5 Å². The summed E-state index contributed by atoms with van der Waals surface area (Å²) in [6.07, 6.45) is 2.40. The van der Waals surface area contributed by atoms with Crippen LogP contribution in [0.5, 0.6) is 0 Å². The molecule has 132 valence electrons. The van der Waals surface area contributed by atoms with Gasteiger partial charge in [-0.2, -0.15) is 5.10 Å². The number of aryl methyl sites for hydroxylation is 2. The molecule has 1 heterocycles. The predicted molar refractivity (Wildman–Crippen MR) is 98.9 cm³/mol. The molecule has 2 atom stereocenters. The third-order valence-electron chi connectivity index (χ3n) is 3.99. The van der Waals surface area contributed by atoms with Crippen LogP contribution in [0, 0.1) is 25.7 Å². The lowest BCUT2D eigenvalue weighted by Crippen LogP contribution is -2.44. The Balaban J connectivity index is 2.37. The largest absolute Gasteiger partial charge is 0.356 e. The number of aromatic nitrogens is 2. The number of aliphatic imine (C=N–C) groups is 1. The van der Waals surface area contributed by atoms with E-state index in [9.17, 15) is 0 Å². The van der Waals surface area contributed by atoms with Crippen molar-refractivity contribution in [1.29, 1.82) is 0 Å². The number of nitrogens with one attached hydrogen (secondary N) is 2. The van der Waals surface area contributed by atoms with Crippen LogP contribution < -0.4 is 10.6 Å². The number of guanidine groups is 1. The molecule has 0 fully saturated rings. The molecule has 1 aromatic heterocycles. The van der Waals surface area contributed by atoms with E-state index in [-0.39, 0.29) is 0 Å². The lowest BCUT2D eigenvalue weighted by atomic mass is 10.0. The van der Waals surface area contributed by atoms with Crippen LogP contribution in [0.1, 0.15) is 51.9 Å². The highest BCUT2D eigenvalue weighted by Crippen LogP contribution is 2.07. The van der Waals surface area contributed by atoms with Gasteiger partial charge < -0.3 is 10.6 Å². The molecule has 0 bridgehead atoms. The van der Waals surface area contributed by atoms with E-state index < -0.39 is 0 Å². The first-order valence-electron chi connectivity index (χ1n) is 8.80. The molecular weight excluding hydrogens is 286 g/mol. The Bertz CT molecular complexity index is 490. The second kappa shape index (κ2) is 9.58. The molecule has 2 unspecified atom stereocenters. The van der Waals surface area contributed by atoms with E-state index in [1.165, 1.54) is 18.5 Å². The maximum Gasteiger partial charge on any atom is 0.191 e. The topological polar surface area (TPSA) is 54.2 Å². The van der Waals surface area contributed by atoms with Crippen molar-refractivity contribution in [3.63, 3.8) is 0 Å². The van der Waals surface area contributed by atoms with Gasteiger partial charge >= 0.3 is 0 Å². The van der Waals surface area contributed by atoms with Crippen LogP contribution in [-0.2, 0) is 6.54 Å². The molecule has 0 saturated heterocycles. The zero-order chi connectivity index (χ0) is 17.4. The fraction of sp³-hybridized carbons (Fsp3) is 0.778. The molecule has 0 saturated carbocycles. The zero-order valence-electron chi connectivity index (χ0n) is 16.0. The Hall–Kier alpha value is -1.52. The number of nitrogens with zero attached hydrogens (tertiary/aromatic N) is 3. The monoisotopic (exact) mass is 321 g/mol. The lowest BCUT2D eigenvalue weighted by Gasteiger charge is -2.20. The van der Waals surface area contributed by atoms with Gasteiger partial charge in [0, 0.05) is 31.9 Å². The maximum absolute atomic E-state index is 4.53. The van der Waals surface area contributed by atoms with Crippen molar-refractivity contribution in [3.8, 4) is 0 Å². The fourth-order valence-electron chi connectivity index (χ4n) is 2.57. The van der Waals surface area contributed by atoms with E-state index in [1.54, 1.807) is 0 Å². The maximum atomic E-state index is 4.53. The van der Waals surface area contributed by atoms with Crippen molar-refractivity contribution in [2.75, 3.05) is 13.6 Å². The first kappa shape index (κ1) is 19.5. The molecule has 5 heteroatoms. The first-order chi connectivity index (χ1) is 10.8. The molecule has 1 aromatic rings. The summed E-state index contributed by atoms with van der Waals surface area (Å²) < 4.78 is 2.09. The van der Waals surface area contributed by atoms with Gasteiger partial charge in [0.05, 0.1) is 5.69 Å². The summed E-state index contributed by atoms with van der Waals surface area (Å²) in [7, 11) is 1.83. The van der Waals surface area contributed by atoms with Crippen LogP contribution in [0.3, 0.4) is 0 Å². The molecule has 5 nitrogen and oxygen atoms in total. The van der Waals surface area contributed by atoms with E-state index >= 15 is 0 Å². The standard InChI is InChI=1S/C18H35N5/c1-13(2)8-9-15(4)21-18(19-7)20-11-14(3)12-23-17(6)10-16(5)22-23/h10,13-15H,8-9,11-12H2,1-7H3,(H2,19,20,21). The van der Waals surface area contributed by atoms with Crippen molar-refractivity contribution in [1.82, 2.24) is 20.4 Å². The van der Waals surface area contributed by atoms with Crippen LogP contribution in [0.2, 0.25) is 0 Å². The normalized spacial score (nSPS) is 14.9. The molecule has 0 aliphatic carbocycles. The van der Waals surface area contributed by atoms with Gasteiger partial charge in [-0.05, 0) is 51.5 Å². The molecule has 1 rings (SSSR count). The molecule has 0 aliphatic rings. The minimum atomic E-state index is 0.440. The van der Waals surface area contributed by atoms with E-state index in [4.69, 9.17) is 0 Å². The number of rotatable bonds is 8. The van der Waals surface area contributed by atoms with E-state index in [0.29, 0.717) is 12.0 Å². The van der Waals surface area contributed by atoms with Crippen LogP contribution in [0.25, 0.3) is 0 Å². The van der Waals surface area contributed by atoms with Gasteiger partial charge in [-0.15, -0.1) is 0 Å². The Morgan fingerprint density at radius 1 is 1.22 bits per heavy atom. The average molecular weight is 322 g/mol. The Morgan fingerprint density at radius 2 is 1.91 bits per heavy atom. The van der Waals surface area contributed by atoms with Crippen molar-refractivity contribution >= 4 is 5.96 Å². The van der Waals surface area contributed by atoms with Gasteiger partial charge in [-0.25, -0.2) is 0 Å². The summed E-state index contributed by atoms with van der Waals surface area (Å²) in [6, 6.07) is 2.56. The highest BCUT2D eigenvalue weighted by molar-refractivity contribution is 5.79. The molecule has 0 aliphatic heterocycles. The number of hydrogen-bond acceptors (Lipinski definition) is 2. The van der Waals surface area contributed by atoms with Crippen LogP contribution >= 0.6 is 0 Å². The van der Waals surface area contributed by atoms with Gasteiger partial charge in [0.2, 0.25) is 0 Å². The Morgan fingerprint density at radius 3 is 2.43 bits per heavy atom. The summed E-state index contributed by atoms with van der Waals surface area (Å²) in [6.45, 7) is 14.9. The van der Waals surface area contributed by atoms with Crippen molar-refractivity contribution in [2.24, 2.45) is 16.8 Å². The minimum Gasteiger partial charge on any atom is -0.356 e. The van der Waals surface area contributed by atoms with Crippen molar-refractivity contribution < 1.29 is 0 Å². The van der Waals surface area contributed by atoms with Gasteiger partial charge in [0.25, 0.3) is 0 Å². The third-order valence-corrected chi connectivity index (χ3v) is 3.99. The van der Waals surface area contributed by atoms with Gasteiger partial charge in [-0.3, -0.25) is 9.67 Å². The highest BCUT2D eigenvalue weighted by atomic mass is 15.3. The van der Waals surface area contributed by atoms with Crippen LogP contribution in [-0.4, -0.2) is 35.4 Å². The average Bonchev–Trinajstić information content (AvgIpc) is 2.79. The van der Waals surface area contributed by atoms with Crippen LogP contribution in [0.4, 0.5) is 0 Å². The first-order valence-corrected chi connectivity index (χ1v) is 8.80. The molecule has 0 amide bonds. The van der Waals surface area contributed by atoms with E-state index in [2.05, 4.69) is 66.1 Å². The third kappa shape index (κ3) is 7.53. The number of hydrogen-bond donors (Lipinski definition) is 2. The Kier molecular flexibility index (Phi) is 8.13. The van der Waals surface area contributed by atoms with E-state index in [1.807, 2.05) is 14.0 Å². The molecular formula is C18H35N5. The summed E-state index contributed by atoms with van der Waals surface area (Å²) in [5, 5.41) is 11.4. The quantitative estimate of drug-likeness (QED) is 0.571. The van der Waals surface area contributed by atoms with Crippen LogP contribution in [0.15, 0.2) is 11.1 Å². The summed E-state index contributed by atoms with van der Waals surface area (Å²) in [5.74, 6) is 2.12. The smallest absolute Gasteiger partial charge is 0.191 e. The summed E-state index contributed by atoms with van der Waals surface area (Å²) in [4.78, 5) is 4.33.